The number of hydrogen-bond acceptors (Lipinski definition) is 3. The number of likely N-dealkylation sites (tertiary alicyclic amines) is 1. The van der Waals surface area contributed by atoms with Crippen molar-refractivity contribution < 1.29 is 14.3 Å². The Morgan fingerprint density at radius 1 is 1.14 bits per heavy atom. The summed E-state index contributed by atoms with van der Waals surface area (Å²) in [5.74, 6) is 0.130. The molecule has 1 aliphatic rings. The minimum absolute atomic E-state index is 0.0481. The third kappa shape index (κ3) is 5.67. The summed E-state index contributed by atoms with van der Waals surface area (Å²) in [6.45, 7) is 4.65. The molecule has 1 heterocycles. The van der Waals surface area contributed by atoms with Crippen LogP contribution in [0.5, 0.6) is 0 Å². The van der Waals surface area contributed by atoms with Gasteiger partial charge in [-0.25, -0.2) is 0 Å². The van der Waals surface area contributed by atoms with E-state index in [2.05, 4.69) is 17.4 Å². The van der Waals surface area contributed by atoms with Gasteiger partial charge in [0.25, 0.3) is 5.91 Å². The third-order valence-corrected chi connectivity index (χ3v) is 5.00. The van der Waals surface area contributed by atoms with Crippen LogP contribution >= 0.6 is 0 Å². The average Bonchev–Trinajstić information content (AvgIpc) is 3.13. The van der Waals surface area contributed by atoms with E-state index in [4.69, 9.17) is 4.74 Å². The first-order valence-corrected chi connectivity index (χ1v) is 9.95. The molecule has 0 aliphatic carbocycles. The lowest BCUT2D eigenvalue weighted by atomic mass is 10.1. The zero-order valence-corrected chi connectivity index (χ0v) is 16.4. The normalized spacial score (nSPS) is 14.9. The van der Waals surface area contributed by atoms with Crippen LogP contribution < -0.4 is 5.32 Å². The fraction of sp³-hybridized carbons (Fsp3) is 0.391. The second kappa shape index (κ2) is 10.0. The maximum absolute atomic E-state index is 12.3. The van der Waals surface area contributed by atoms with E-state index in [1.54, 1.807) is 0 Å². The van der Waals surface area contributed by atoms with E-state index in [-0.39, 0.29) is 17.9 Å². The minimum atomic E-state index is -0.0834. The Kier molecular flexibility index (Phi) is 7.20. The van der Waals surface area contributed by atoms with Crippen molar-refractivity contribution in [3.05, 3.63) is 71.3 Å². The van der Waals surface area contributed by atoms with Crippen LogP contribution in [0, 0.1) is 0 Å². The number of rotatable bonds is 9. The maximum atomic E-state index is 12.3. The summed E-state index contributed by atoms with van der Waals surface area (Å²) in [5, 5.41) is 2.93. The van der Waals surface area contributed by atoms with Crippen molar-refractivity contribution in [1.29, 1.82) is 0 Å². The number of amides is 2. The van der Waals surface area contributed by atoms with E-state index in [0.29, 0.717) is 31.7 Å². The Bertz CT molecular complexity index is 774. The van der Waals surface area contributed by atoms with Gasteiger partial charge in [0.15, 0.2) is 0 Å². The molecule has 1 fully saturated rings. The van der Waals surface area contributed by atoms with Crippen LogP contribution in [0.15, 0.2) is 54.6 Å². The average molecular weight is 380 g/mol. The number of carbonyl (C=O) groups excluding carboxylic acids is 2. The van der Waals surface area contributed by atoms with E-state index in [0.717, 1.165) is 30.5 Å². The zero-order valence-electron chi connectivity index (χ0n) is 16.4. The van der Waals surface area contributed by atoms with Gasteiger partial charge in [0.2, 0.25) is 5.91 Å². The molecule has 1 saturated heterocycles. The lowest BCUT2D eigenvalue weighted by Crippen LogP contribution is -2.26. The van der Waals surface area contributed by atoms with Gasteiger partial charge in [-0.3, -0.25) is 9.59 Å². The lowest BCUT2D eigenvalue weighted by Gasteiger charge is -2.15. The molecule has 1 aliphatic heterocycles. The number of nitrogens with zero attached hydrogens (tertiary/aromatic N) is 1. The highest BCUT2D eigenvalue weighted by atomic mass is 16.5. The smallest absolute Gasteiger partial charge is 0.251 e. The molecule has 1 unspecified atom stereocenters. The van der Waals surface area contributed by atoms with Crippen molar-refractivity contribution in [3.63, 3.8) is 0 Å². The molecular formula is C23H28N2O3. The van der Waals surface area contributed by atoms with Crippen molar-refractivity contribution in [2.24, 2.45) is 0 Å². The molecule has 0 saturated carbocycles. The van der Waals surface area contributed by atoms with Crippen molar-refractivity contribution in [2.75, 3.05) is 19.7 Å². The number of ether oxygens (including phenoxy) is 1. The van der Waals surface area contributed by atoms with Crippen LogP contribution in [-0.4, -0.2) is 36.4 Å². The molecule has 5 heteroatoms. The Morgan fingerprint density at radius 2 is 1.89 bits per heavy atom. The SMILES string of the molecule is CC(OCCCNC(=O)c1ccc(CN2CCCC2=O)cc1)c1ccccc1. The summed E-state index contributed by atoms with van der Waals surface area (Å²) < 4.78 is 5.82. The molecule has 3 rings (SSSR count). The van der Waals surface area contributed by atoms with Crippen LogP contribution in [0.3, 0.4) is 0 Å². The molecule has 2 aromatic rings. The quantitative estimate of drug-likeness (QED) is 0.675. The molecule has 0 aromatic heterocycles. The molecule has 148 valence electrons. The van der Waals surface area contributed by atoms with E-state index >= 15 is 0 Å². The van der Waals surface area contributed by atoms with E-state index in [1.807, 2.05) is 54.3 Å². The topological polar surface area (TPSA) is 58.6 Å². The van der Waals surface area contributed by atoms with Gasteiger partial charge in [0, 0.05) is 38.2 Å². The van der Waals surface area contributed by atoms with Gasteiger partial charge >= 0.3 is 0 Å². The highest BCUT2D eigenvalue weighted by Gasteiger charge is 2.19. The Balaban J connectivity index is 1.36. The molecule has 2 aromatic carbocycles. The largest absolute Gasteiger partial charge is 0.374 e. The number of nitrogens with one attached hydrogen (secondary N) is 1. The Hall–Kier alpha value is -2.66. The Labute approximate surface area is 166 Å². The summed E-state index contributed by atoms with van der Waals surface area (Å²) >= 11 is 0. The highest BCUT2D eigenvalue weighted by molar-refractivity contribution is 5.94. The first kappa shape index (κ1) is 20.1. The molecule has 1 N–H and O–H groups in total. The molecule has 0 radical (unpaired) electrons. The molecule has 0 bridgehead atoms. The van der Waals surface area contributed by atoms with Gasteiger partial charge in [0.05, 0.1) is 6.10 Å². The van der Waals surface area contributed by atoms with E-state index in [1.165, 1.54) is 0 Å². The standard InChI is InChI=1S/C23H28N2O3/c1-18(20-7-3-2-4-8-20)28-16-6-14-24-23(27)21-12-10-19(11-13-21)17-25-15-5-9-22(25)26/h2-4,7-8,10-13,18H,5-6,9,14-17H2,1H3,(H,24,27). The van der Waals surface area contributed by atoms with Crippen molar-refractivity contribution in [1.82, 2.24) is 10.2 Å². The van der Waals surface area contributed by atoms with E-state index in [9.17, 15) is 9.59 Å². The fourth-order valence-electron chi connectivity index (χ4n) is 3.31. The van der Waals surface area contributed by atoms with Gasteiger partial charge < -0.3 is 15.0 Å². The minimum Gasteiger partial charge on any atom is -0.374 e. The second-order valence-electron chi connectivity index (χ2n) is 7.15. The number of carbonyl (C=O) groups is 2. The number of hydrogen-bond donors (Lipinski definition) is 1. The summed E-state index contributed by atoms with van der Waals surface area (Å²) in [6, 6.07) is 17.6. The number of benzene rings is 2. The Morgan fingerprint density at radius 3 is 2.57 bits per heavy atom. The zero-order chi connectivity index (χ0) is 19.8. The van der Waals surface area contributed by atoms with Crippen LogP contribution in [0.25, 0.3) is 0 Å². The van der Waals surface area contributed by atoms with Crippen LogP contribution in [0.2, 0.25) is 0 Å². The predicted molar refractivity (Wildman–Crippen MR) is 109 cm³/mol. The maximum Gasteiger partial charge on any atom is 0.251 e. The van der Waals surface area contributed by atoms with Crippen LogP contribution in [0.4, 0.5) is 0 Å². The monoisotopic (exact) mass is 380 g/mol. The van der Waals surface area contributed by atoms with Gasteiger partial charge in [-0.05, 0) is 43.0 Å². The van der Waals surface area contributed by atoms with Crippen LogP contribution in [0.1, 0.15) is 53.8 Å². The van der Waals surface area contributed by atoms with Crippen LogP contribution in [-0.2, 0) is 16.1 Å². The van der Waals surface area contributed by atoms with Crippen molar-refractivity contribution >= 4 is 11.8 Å². The molecular weight excluding hydrogens is 352 g/mol. The summed E-state index contributed by atoms with van der Waals surface area (Å²) in [7, 11) is 0. The molecule has 0 spiro atoms. The van der Waals surface area contributed by atoms with Crippen molar-refractivity contribution in [3.8, 4) is 0 Å². The lowest BCUT2D eigenvalue weighted by molar-refractivity contribution is -0.128. The second-order valence-corrected chi connectivity index (χ2v) is 7.15. The first-order valence-electron chi connectivity index (χ1n) is 9.95. The molecule has 2 amide bonds. The van der Waals surface area contributed by atoms with Gasteiger partial charge in [-0.15, -0.1) is 0 Å². The van der Waals surface area contributed by atoms with E-state index < -0.39 is 0 Å². The summed E-state index contributed by atoms with van der Waals surface area (Å²) in [6.07, 6.45) is 2.39. The first-order chi connectivity index (χ1) is 13.6. The van der Waals surface area contributed by atoms with Gasteiger partial charge in [0.1, 0.15) is 0 Å². The van der Waals surface area contributed by atoms with Crippen molar-refractivity contribution in [2.45, 2.75) is 38.8 Å². The highest BCUT2D eigenvalue weighted by Crippen LogP contribution is 2.16. The molecule has 5 nitrogen and oxygen atoms in total. The molecule has 28 heavy (non-hydrogen) atoms. The molecule has 1 atom stereocenters. The predicted octanol–water partition coefficient (Wildman–Crippen LogP) is 3.71. The third-order valence-electron chi connectivity index (χ3n) is 5.00. The van der Waals surface area contributed by atoms with Gasteiger partial charge in [-0.1, -0.05) is 42.5 Å². The summed E-state index contributed by atoms with van der Waals surface area (Å²) in [5.41, 5.74) is 2.84. The summed E-state index contributed by atoms with van der Waals surface area (Å²) in [4.78, 5) is 25.8. The fourth-order valence-corrected chi connectivity index (χ4v) is 3.31. The van der Waals surface area contributed by atoms with Gasteiger partial charge in [-0.2, -0.15) is 0 Å².